The molecule has 2 aliphatic heterocycles. The van der Waals surface area contributed by atoms with Gasteiger partial charge >= 0.3 is 5.97 Å². The van der Waals surface area contributed by atoms with Gasteiger partial charge in [-0.25, -0.2) is 4.98 Å². The standard InChI is InChI=1S/C18H24N6O6/c25-14-4-3-11(22-14)16(28)23-12(6-10-7-19-9-21-10)18(30)24-5-1-2-13(24)17(29)20-8-15(26)27/h7,9,11-13H,1-6,8H2,(H,19,21)(H,20,29)(H,22,25)(H,23,28)(H,26,27)/t11-,12+,13-/m0/s1. The molecule has 0 unspecified atom stereocenters. The first-order valence-electron chi connectivity index (χ1n) is 9.72. The van der Waals surface area contributed by atoms with Crippen molar-refractivity contribution in [3.8, 4) is 0 Å². The van der Waals surface area contributed by atoms with E-state index >= 15 is 0 Å². The van der Waals surface area contributed by atoms with Crippen molar-refractivity contribution in [1.29, 1.82) is 0 Å². The molecule has 3 heterocycles. The van der Waals surface area contributed by atoms with E-state index in [1.54, 1.807) is 0 Å². The number of hydrogen-bond donors (Lipinski definition) is 5. The van der Waals surface area contributed by atoms with Gasteiger partial charge in [0, 0.05) is 31.3 Å². The first-order valence-corrected chi connectivity index (χ1v) is 9.72. The van der Waals surface area contributed by atoms with Crippen molar-refractivity contribution in [2.75, 3.05) is 13.1 Å². The van der Waals surface area contributed by atoms with Crippen LogP contribution in [0.2, 0.25) is 0 Å². The zero-order chi connectivity index (χ0) is 21.7. The third-order valence-electron chi connectivity index (χ3n) is 5.16. The molecule has 1 aromatic rings. The molecule has 1 aromatic heterocycles. The Bertz CT molecular complexity index is 825. The Morgan fingerprint density at radius 3 is 2.70 bits per heavy atom. The molecule has 0 aliphatic carbocycles. The molecule has 0 saturated carbocycles. The monoisotopic (exact) mass is 420 g/mol. The third kappa shape index (κ3) is 5.13. The lowest BCUT2D eigenvalue weighted by Gasteiger charge is -2.29. The van der Waals surface area contributed by atoms with Crippen molar-refractivity contribution in [2.24, 2.45) is 0 Å². The largest absolute Gasteiger partial charge is 0.480 e. The molecule has 12 nitrogen and oxygen atoms in total. The van der Waals surface area contributed by atoms with Crippen LogP contribution >= 0.6 is 0 Å². The number of aromatic nitrogens is 2. The Kier molecular flexibility index (Phi) is 6.65. The van der Waals surface area contributed by atoms with Crippen LogP contribution in [0.3, 0.4) is 0 Å². The molecule has 4 amide bonds. The molecular weight excluding hydrogens is 396 g/mol. The van der Waals surface area contributed by atoms with Crippen molar-refractivity contribution < 1.29 is 29.1 Å². The third-order valence-corrected chi connectivity index (χ3v) is 5.16. The Hall–Kier alpha value is -3.44. The van der Waals surface area contributed by atoms with E-state index in [1.807, 2.05) is 0 Å². The average molecular weight is 420 g/mol. The minimum atomic E-state index is -1.18. The van der Waals surface area contributed by atoms with E-state index in [1.165, 1.54) is 17.4 Å². The molecule has 2 aliphatic rings. The van der Waals surface area contributed by atoms with Gasteiger partial charge in [0.05, 0.1) is 6.33 Å². The van der Waals surface area contributed by atoms with Crippen LogP contribution in [0.15, 0.2) is 12.5 Å². The van der Waals surface area contributed by atoms with E-state index < -0.39 is 48.4 Å². The van der Waals surface area contributed by atoms with Crippen LogP contribution in [-0.4, -0.2) is 80.8 Å². The molecule has 0 aromatic carbocycles. The average Bonchev–Trinajstić information content (AvgIpc) is 3.46. The molecule has 0 radical (unpaired) electrons. The highest BCUT2D eigenvalue weighted by molar-refractivity contribution is 5.96. The molecular formula is C18H24N6O6. The van der Waals surface area contributed by atoms with Crippen LogP contribution in [0.1, 0.15) is 31.4 Å². The molecule has 30 heavy (non-hydrogen) atoms. The summed E-state index contributed by atoms with van der Waals surface area (Å²) in [6.07, 6.45) is 4.69. The summed E-state index contributed by atoms with van der Waals surface area (Å²) < 4.78 is 0. The van der Waals surface area contributed by atoms with Crippen LogP contribution < -0.4 is 16.0 Å². The number of carbonyl (C=O) groups is 5. The van der Waals surface area contributed by atoms with E-state index in [0.717, 1.165) is 0 Å². The number of aromatic amines is 1. The number of imidazole rings is 1. The maximum atomic E-state index is 13.2. The van der Waals surface area contributed by atoms with Gasteiger partial charge in [0.2, 0.25) is 23.6 Å². The van der Waals surface area contributed by atoms with E-state index in [9.17, 15) is 24.0 Å². The lowest BCUT2D eigenvalue weighted by atomic mass is 10.1. The number of nitrogens with one attached hydrogen (secondary N) is 4. The molecule has 3 rings (SSSR count). The number of amides is 4. The summed E-state index contributed by atoms with van der Waals surface area (Å²) in [5.41, 5.74) is 0.621. The highest BCUT2D eigenvalue weighted by Crippen LogP contribution is 2.20. The second-order valence-corrected chi connectivity index (χ2v) is 7.30. The zero-order valence-electron chi connectivity index (χ0n) is 16.2. The second kappa shape index (κ2) is 9.37. The maximum Gasteiger partial charge on any atom is 0.322 e. The molecule has 0 spiro atoms. The number of aliphatic carboxylic acids is 1. The topological polar surface area (TPSA) is 174 Å². The Morgan fingerprint density at radius 1 is 1.27 bits per heavy atom. The predicted molar refractivity (Wildman–Crippen MR) is 101 cm³/mol. The van der Waals surface area contributed by atoms with Gasteiger partial charge in [0.1, 0.15) is 24.7 Å². The molecule has 2 fully saturated rings. The summed E-state index contributed by atoms with van der Waals surface area (Å²) in [4.78, 5) is 68.4. The van der Waals surface area contributed by atoms with Gasteiger partial charge in [-0.3, -0.25) is 24.0 Å². The summed E-state index contributed by atoms with van der Waals surface area (Å²) in [6, 6.07) is -2.48. The number of carboxylic acids is 1. The molecule has 162 valence electrons. The molecule has 2 saturated heterocycles. The number of carboxylic acid groups (broad SMARTS) is 1. The second-order valence-electron chi connectivity index (χ2n) is 7.30. The van der Waals surface area contributed by atoms with Crippen molar-refractivity contribution in [1.82, 2.24) is 30.8 Å². The van der Waals surface area contributed by atoms with Crippen LogP contribution in [0.4, 0.5) is 0 Å². The van der Waals surface area contributed by atoms with E-state index in [0.29, 0.717) is 31.5 Å². The normalized spacial score (nSPS) is 21.7. The minimum absolute atomic E-state index is 0.130. The Labute approximate surface area is 171 Å². The maximum absolute atomic E-state index is 13.2. The highest BCUT2D eigenvalue weighted by Gasteiger charge is 2.39. The van der Waals surface area contributed by atoms with Crippen LogP contribution in [0.25, 0.3) is 0 Å². The van der Waals surface area contributed by atoms with Crippen LogP contribution in [0, 0.1) is 0 Å². The van der Waals surface area contributed by atoms with Crippen molar-refractivity contribution in [3.63, 3.8) is 0 Å². The van der Waals surface area contributed by atoms with Gasteiger partial charge < -0.3 is 30.9 Å². The summed E-state index contributed by atoms with van der Waals surface area (Å²) >= 11 is 0. The van der Waals surface area contributed by atoms with E-state index in [4.69, 9.17) is 5.11 Å². The first kappa shape index (κ1) is 21.3. The van der Waals surface area contributed by atoms with Gasteiger partial charge in [-0.05, 0) is 19.3 Å². The van der Waals surface area contributed by atoms with Gasteiger partial charge in [-0.1, -0.05) is 0 Å². The fraction of sp³-hybridized carbons (Fsp3) is 0.556. The number of likely N-dealkylation sites (tertiary alicyclic amines) is 1. The lowest BCUT2D eigenvalue weighted by molar-refractivity contribution is -0.142. The molecule has 0 bridgehead atoms. The van der Waals surface area contributed by atoms with Crippen LogP contribution in [0.5, 0.6) is 0 Å². The summed E-state index contributed by atoms with van der Waals surface area (Å²) in [7, 11) is 0. The van der Waals surface area contributed by atoms with E-state index in [2.05, 4.69) is 25.9 Å². The number of nitrogens with zero attached hydrogens (tertiary/aromatic N) is 2. The van der Waals surface area contributed by atoms with Gasteiger partial charge in [0.25, 0.3) is 0 Å². The number of H-pyrrole nitrogens is 1. The van der Waals surface area contributed by atoms with Gasteiger partial charge in [-0.2, -0.15) is 0 Å². The molecule has 12 heteroatoms. The Balaban J connectivity index is 1.71. The number of hydrogen-bond acceptors (Lipinski definition) is 6. The van der Waals surface area contributed by atoms with Crippen molar-refractivity contribution in [3.05, 3.63) is 18.2 Å². The predicted octanol–water partition coefficient (Wildman–Crippen LogP) is -2.09. The first-order chi connectivity index (χ1) is 14.3. The van der Waals surface area contributed by atoms with Crippen LogP contribution in [-0.2, 0) is 30.4 Å². The highest BCUT2D eigenvalue weighted by atomic mass is 16.4. The fourth-order valence-corrected chi connectivity index (χ4v) is 3.68. The zero-order valence-corrected chi connectivity index (χ0v) is 16.2. The lowest BCUT2D eigenvalue weighted by Crippen LogP contribution is -2.56. The quantitative estimate of drug-likeness (QED) is 0.320. The van der Waals surface area contributed by atoms with Crippen molar-refractivity contribution in [2.45, 2.75) is 50.2 Å². The summed E-state index contributed by atoms with van der Waals surface area (Å²) in [5.74, 6) is -2.86. The number of rotatable bonds is 8. The van der Waals surface area contributed by atoms with Gasteiger partial charge in [0.15, 0.2) is 0 Å². The van der Waals surface area contributed by atoms with Crippen molar-refractivity contribution >= 4 is 29.6 Å². The smallest absolute Gasteiger partial charge is 0.322 e. The summed E-state index contributed by atoms with van der Waals surface area (Å²) in [6.45, 7) is -0.216. The Morgan fingerprint density at radius 2 is 2.07 bits per heavy atom. The fourth-order valence-electron chi connectivity index (χ4n) is 3.68. The molecule has 3 atom stereocenters. The SMILES string of the molecule is O=C(O)CNC(=O)[C@@H]1CCCN1C(=O)[C@@H](Cc1cnc[nH]1)NC(=O)[C@@H]1CCC(=O)N1. The summed E-state index contributed by atoms with van der Waals surface area (Å²) in [5, 5.41) is 16.3. The molecule has 5 N–H and O–H groups in total. The minimum Gasteiger partial charge on any atom is -0.480 e. The van der Waals surface area contributed by atoms with Gasteiger partial charge in [-0.15, -0.1) is 0 Å². The number of carbonyl (C=O) groups excluding carboxylic acids is 4. The van der Waals surface area contributed by atoms with E-state index in [-0.39, 0.29) is 18.7 Å².